The summed E-state index contributed by atoms with van der Waals surface area (Å²) in [5.74, 6) is -5.09. The number of aliphatic hydroxyl groups is 4. The largest absolute Gasteiger partial charge is 0.365 e. The predicted octanol–water partition coefficient (Wildman–Crippen LogP) is -1.90. The monoisotopic (exact) mass is 162 g/mol. The lowest BCUT2D eigenvalue weighted by atomic mass is 9.88. The van der Waals surface area contributed by atoms with Crippen LogP contribution in [0, 0.1) is 0 Å². The molecule has 0 bridgehead atoms. The fourth-order valence-electron chi connectivity index (χ4n) is 1.27. The first-order valence-corrected chi connectivity index (χ1v) is 3.22. The number of carbonyl (C=O) groups is 1. The Kier molecular flexibility index (Phi) is 1.76. The molecule has 0 amide bonds. The molecule has 0 aromatic heterocycles. The topological polar surface area (TPSA) is 98.0 Å². The molecule has 0 atom stereocenters. The molecule has 5 nitrogen and oxygen atoms in total. The van der Waals surface area contributed by atoms with Crippen LogP contribution in [0.25, 0.3) is 0 Å². The number of rotatable bonds is 0. The average Bonchev–Trinajstić information content (AvgIpc) is 1.49. The van der Waals surface area contributed by atoms with Crippen molar-refractivity contribution in [1.29, 1.82) is 0 Å². The molecule has 1 aliphatic carbocycles. The van der Waals surface area contributed by atoms with E-state index in [0.29, 0.717) is 0 Å². The highest BCUT2D eigenvalue weighted by Crippen LogP contribution is 2.29. The van der Waals surface area contributed by atoms with Crippen molar-refractivity contribution in [2.24, 2.45) is 0 Å². The van der Waals surface area contributed by atoms with Crippen LogP contribution in [0.2, 0.25) is 0 Å². The molecule has 1 fully saturated rings. The van der Waals surface area contributed by atoms with Crippen molar-refractivity contribution < 1.29 is 25.2 Å². The van der Waals surface area contributed by atoms with E-state index in [9.17, 15) is 4.79 Å². The van der Waals surface area contributed by atoms with E-state index in [1.165, 1.54) is 0 Å². The van der Waals surface area contributed by atoms with E-state index in [1.54, 1.807) is 0 Å². The Balaban J connectivity index is 2.74. The van der Waals surface area contributed by atoms with Gasteiger partial charge in [0.2, 0.25) is 0 Å². The van der Waals surface area contributed by atoms with Gasteiger partial charge in [-0.05, 0) is 0 Å². The molecular formula is C6H10O5. The quantitative estimate of drug-likeness (QED) is 0.312. The molecule has 1 rings (SSSR count). The van der Waals surface area contributed by atoms with Gasteiger partial charge in [0.25, 0.3) is 0 Å². The molecule has 0 spiro atoms. The number of carbonyl (C=O) groups excluding carboxylic acids is 1. The second kappa shape index (κ2) is 2.25. The van der Waals surface area contributed by atoms with E-state index >= 15 is 0 Å². The maximum absolute atomic E-state index is 10.7. The number of hydrogen-bond acceptors (Lipinski definition) is 5. The van der Waals surface area contributed by atoms with Gasteiger partial charge in [-0.3, -0.25) is 4.79 Å². The summed E-state index contributed by atoms with van der Waals surface area (Å²) in [6.07, 6.45) is -1.47. The predicted molar refractivity (Wildman–Crippen MR) is 33.2 cm³/mol. The fraction of sp³-hybridized carbons (Fsp3) is 0.833. The zero-order valence-corrected chi connectivity index (χ0v) is 5.82. The Hall–Kier alpha value is -0.490. The third-order valence-corrected chi connectivity index (χ3v) is 1.53. The minimum absolute atomic E-state index is 0.435. The first-order chi connectivity index (χ1) is 4.81. The molecule has 0 aromatic carbocycles. The Morgan fingerprint density at radius 2 is 1.36 bits per heavy atom. The fourth-order valence-corrected chi connectivity index (χ4v) is 1.27. The van der Waals surface area contributed by atoms with Crippen LogP contribution in [0.1, 0.15) is 19.3 Å². The molecule has 0 radical (unpaired) electrons. The third-order valence-electron chi connectivity index (χ3n) is 1.53. The van der Waals surface area contributed by atoms with Gasteiger partial charge < -0.3 is 20.4 Å². The van der Waals surface area contributed by atoms with Gasteiger partial charge in [0.05, 0.1) is 19.3 Å². The molecule has 1 aliphatic rings. The number of ketones is 1. The van der Waals surface area contributed by atoms with E-state index in [4.69, 9.17) is 20.4 Å². The van der Waals surface area contributed by atoms with Gasteiger partial charge in [-0.25, -0.2) is 0 Å². The Morgan fingerprint density at radius 3 is 1.64 bits per heavy atom. The van der Waals surface area contributed by atoms with E-state index < -0.39 is 36.6 Å². The van der Waals surface area contributed by atoms with Crippen molar-refractivity contribution in [3.8, 4) is 0 Å². The number of Topliss-reactive ketones (excluding diaryl/α,β-unsaturated/α-hetero) is 1. The van der Waals surface area contributed by atoms with Crippen molar-refractivity contribution in [3.05, 3.63) is 0 Å². The lowest BCUT2D eigenvalue weighted by Crippen LogP contribution is -2.49. The summed E-state index contributed by atoms with van der Waals surface area (Å²) in [5.41, 5.74) is 0. The summed E-state index contributed by atoms with van der Waals surface area (Å²) in [4.78, 5) is 10.7. The van der Waals surface area contributed by atoms with Crippen molar-refractivity contribution >= 4 is 5.78 Å². The van der Waals surface area contributed by atoms with Crippen LogP contribution in [-0.4, -0.2) is 37.8 Å². The standard InChI is InChI=1S/C6H10O5/c7-4-1-5(8,9)3-6(10,11)2-4/h8-11H,1-3H2. The van der Waals surface area contributed by atoms with Crippen molar-refractivity contribution in [3.63, 3.8) is 0 Å². The van der Waals surface area contributed by atoms with Gasteiger partial charge in [0, 0.05) is 0 Å². The van der Waals surface area contributed by atoms with E-state index in [0.717, 1.165) is 0 Å². The molecule has 64 valence electrons. The van der Waals surface area contributed by atoms with Crippen LogP contribution in [0.4, 0.5) is 0 Å². The summed E-state index contributed by atoms with van der Waals surface area (Å²) < 4.78 is 0. The van der Waals surface area contributed by atoms with Crippen molar-refractivity contribution in [1.82, 2.24) is 0 Å². The molecule has 11 heavy (non-hydrogen) atoms. The van der Waals surface area contributed by atoms with E-state index in [2.05, 4.69) is 0 Å². The third kappa shape index (κ3) is 2.23. The Labute approximate surface area is 62.9 Å². The van der Waals surface area contributed by atoms with Gasteiger partial charge in [-0.2, -0.15) is 0 Å². The zero-order chi connectivity index (χ0) is 8.70. The summed E-state index contributed by atoms with van der Waals surface area (Å²) in [6.45, 7) is 0. The van der Waals surface area contributed by atoms with Crippen molar-refractivity contribution in [2.75, 3.05) is 0 Å². The van der Waals surface area contributed by atoms with Crippen molar-refractivity contribution in [2.45, 2.75) is 30.8 Å². The summed E-state index contributed by atoms with van der Waals surface area (Å²) >= 11 is 0. The summed E-state index contributed by atoms with van der Waals surface area (Å²) in [7, 11) is 0. The second-order valence-corrected chi connectivity index (χ2v) is 3.03. The van der Waals surface area contributed by atoms with Crippen LogP contribution >= 0.6 is 0 Å². The minimum atomic E-state index is -2.27. The van der Waals surface area contributed by atoms with Crippen LogP contribution in [0.15, 0.2) is 0 Å². The molecule has 4 N–H and O–H groups in total. The van der Waals surface area contributed by atoms with Gasteiger partial charge >= 0.3 is 0 Å². The highest BCUT2D eigenvalue weighted by molar-refractivity contribution is 5.81. The van der Waals surface area contributed by atoms with Gasteiger partial charge in [0.15, 0.2) is 11.6 Å². The minimum Gasteiger partial charge on any atom is -0.365 e. The Bertz CT molecular complexity index is 165. The maximum Gasteiger partial charge on any atom is 0.174 e. The van der Waals surface area contributed by atoms with Crippen LogP contribution < -0.4 is 0 Å². The van der Waals surface area contributed by atoms with Crippen LogP contribution in [0.5, 0.6) is 0 Å². The highest BCUT2D eigenvalue weighted by Gasteiger charge is 2.44. The molecule has 1 saturated carbocycles. The molecule has 0 aromatic rings. The molecule has 5 heteroatoms. The second-order valence-electron chi connectivity index (χ2n) is 3.03. The first-order valence-electron chi connectivity index (χ1n) is 3.22. The van der Waals surface area contributed by atoms with Crippen LogP contribution in [-0.2, 0) is 4.79 Å². The lowest BCUT2D eigenvalue weighted by molar-refractivity contribution is -0.269. The van der Waals surface area contributed by atoms with Gasteiger partial charge in [-0.1, -0.05) is 0 Å². The van der Waals surface area contributed by atoms with Gasteiger partial charge in [-0.15, -0.1) is 0 Å². The zero-order valence-electron chi connectivity index (χ0n) is 5.82. The SMILES string of the molecule is O=C1CC(O)(O)CC(O)(O)C1. The first kappa shape index (κ1) is 8.61. The molecule has 0 aliphatic heterocycles. The van der Waals surface area contributed by atoms with Gasteiger partial charge in [0.1, 0.15) is 5.78 Å². The molecule has 0 saturated heterocycles. The number of hydrogen-bond donors (Lipinski definition) is 4. The highest BCUT2D eigenvalue weighted by atomic mass is 16.5. The molecule has 0 unspecified atom stereocenters. The maximum atomic E-state index is 10.7. The normalized spacial score (nSPS) is 28.5. The Morgan fingerprint density at radius 1 is 1.00 bits per heavy atom. The summed E-state index contributed by atoms with van der Waals surface area (Å²) in [6, 6.07) is 0. The smallest absolute Gasteiger partial charge is 0.174 e. The van der Waals surface area contributed by atoms with E-state index in [1.807, 2.05) is 0 Å². The summed E-state index contributed by atoms with van der Waals surface area (Å²) in [5, 5.41) is 35.6. The lowest BCUT2D eigenvalue weighted by Gasteiger charge is -2.34. The average molecular weight is 162 g/mol. The van der Waals surface area contributed by atoms with E-state index in [-0.39, 0.29) is 0 Å². The van der Waals surface area contributed by atoms with Crippen LogP contribution in [0.3, 0.4) is 0 Å². The molecule has 0 heterocycles. The molecular weight excluding hydrogens is 152 g/mol.